The van der Waals surface area contributed by atoms with Gasteiger partial charge in [0.05, 0.1) is 11.9 Å². The second-order valence-electron chi connectivity index (χ2n) is 4.56. The third kappa shape index (κ3) is 3.82. The van der Waals surface area contributed by atoms with E-state index in [1.165, 1.54) is 6.20 Å². The van der Waals surface area contributed by atoms with Crippen LogP contribution < -0.4 is 0 Å². The fraction of sp³-hybridized carbons (Fsp3) is 0.385. The third-order valence-electron chi connectivity index (χ3n) is 2.51. The van der Waals surface area contributed by atoms with Crippen LogP contribution in [-0.2, 0) is 4.74 Å². The van der Waals surface area contributed by atoms with Gasteiger partial charge in [-0.2, -0.15) is 0 Å². The molecule has 0 fully saturated rings. The monoisotopic (exact) mass is 277 g/mol. The largest absolute Gasteiger partial charge is 0.452 e. The molecule has 0 bridgehead atoms. The van der Waals surface area contributed by atoms with Crippen LogP contribution in [0.5, 0.6) is 0 Å². The van der Waals surface area contributed by atoms with Crippen molar-refractivity contribution in [3.63, 3.8) is 0 Å². The van der Waals surface area contributed by atoms with Crippen molar-refractivity contribution >= 4 is 17.5 Å². The van der Waals surface area contributed by atoms with E-state index < -0.39 is 5.97 Å². The van der Waals surface area contributed by atoms with Crippen molar-refractivity contribution < 1.29 is 9.53 Å². The molecule has 0 saturated heterocycles. The van der Waals surface area contributed by atoms with E-state index in [2.05, 4.69) is 28.4 Å². The molecule has 0 aliphatic rings. The molecule has 0 saturated carbocycles. The smallest absolute Gasteiger partial charge is 0.352 e. The summed E-state index contributed by atoms with van der Waals surface area (Å²) in [5.41, 5.74) is 0.766. The molecule has 0 radical (unpaired) electrons. The van der Waals surface area contributed by atoms with Crippen LogP contribution in [0, 0.1) is 5.92 Å². The normalized spacial score (nSPS) is 12.4. The van der Waals surface area contributed by atoms with Gasteiger partial charge in [0.25, 0.3) is 0 Å². The Kier molecular flexibility index (Phi) is 4.57. The Morgan fingerprint density at radius 3 is 2.84 bits per heavy atom. The van der Waals surface area contributed by atoms with E-state index in [0.717, 1.165) is 23.6 Å². The number of carbonyl (C=O) groups excluding carboxylic acids is 1. The van der Waals surface area contributed by atoms with Gasteiger partial charge in [0.1, 0.15) is 6.10 Å². The molecule has 100 valence electrons. The van der Waals surface area contributed by atoms with Gasteiger partial charge in [-0.05, 0) is 36.0 Å². The lowest BCUT2D eigenvalue weighted by Gasteiger charge is -2.18. The van der Waals surface area contributed by atoms with Gasteiger partial charge in [-0.1, -0.05) is 24.4 Å². The van der Waals surface area contributed by atoms with E-state index in [0.29, 0.717) is 10.8 Å². The van der Waals surface area contributed by atoms with Gasteiger partial charge in [-0.15, -0.1) is 5.10 Å². The van der Waals surface area contributed by atoms with Crippen molar-refractivity contribution in [2.45, 2.75) is 26.4 Å². The molecular formula is C13H15N3O2S. The van der Waals surface area contributed by atoms with Crippen molar-refractivity contribution in [1.82, 2.24) is 14.6 Å². The summed E-state index contributed by atoms with van der Waals surface area (Å²) in [4.78, 5) is 16.6. The first-order valence-electron chi connectivity index (χ1n) is 6.06. The molecule has 0 spiro atoms. The summed E-state index contributed by atoms with van der Waals surface area (Å²) in [5, 5.41) is 3.64. The van der Waals surface area contributed by atoms with Crippen molar-refractivity contribution in [3.05, 3.63) is 41.2 Å². The van der Waals surface area contributed by atoms with E-state index in [9.17, 15) is 4.79 Å². The molecule has 2 heterocycles. The quantitative estimate of drug-likeness (QED) is 0.786. The summed E-state index contributed by atoms with van der Waals surface area (Å²) >= 11 is 1.03. The molecule has 0 N–H and O–H groups in total. The number of esters is 1. The van der Waals surface area contributed by atoms with Gasteiger partial charge < -0.3 is 4.74 Å². The molecule has 2 aromatic rings. The molecule has 2 rings (SSSR count). The van der Waals surface area contributed by atoms with E-state index in [1.54, 1.807) is 6.20 Å². The maximum absolute atomic E-state index is 12.0. The number of hydrogen-bond donors (Lipinski definition) is 0. The SMILES string of the molecule is CC(C)CC(OC(=O)c1cnns1)c1ccccn1. The Bertz CT molecular complexity index is 514. The molecule has 0 amide bonds. The average molecular weight is 277 g/mol. The minimum Gasteiger partial charge on any atom is -0.452 e. The second-order valence-corrected chi connectivity index (χ2v) is 5.35. The topological polar surface area (TPSA) is 65.0 Å². The molecular weight excluding hydrogens is 262 g/mol. The summed E-state index contributed by atoms with van der Waals surface area (Å²) in [5.74, 6) is 0.00527. The van der Waals surface area contributed by atoms with Crippen LogP contribution in [0.4, 0.5) is 0 Å². The van der Waals surface area contributed by atoms with Gasteiger partial charge in [0, 0.05) is 6.20 Å². The van der Waals surface area contributed by atoms with Gasteiger partial charge in [0.15, 0.2) is 4.88 Å². The summed E-state index contributed by atoms with van der Waals surface area (Å²) in [7, 11) is 0. The number of pyridine rings is 1. The summed E-state index contributed by atoms with van der Waals surface area (Å²) in [6.07, 6.45) is 3.51. The zero-order chi connectivity index (χ0) is 13.7. The van der Waals surface area contributed by atoms with Gasteiger partial charge in [-0.25, -0.2) is 4.79 Å². The van der Waals surface area contributed by atoms with Crippen molar-refractivity contribution in [3.8, 4) is 0 Å². The lowest BCUT2D eigenvalue weighted by molar-refractivity contribution is 0.0242. The first-order chi connectivity index (χ1) is 9.16. The Morgan fingerprint density at radius 2 is 2.26 bits per heavy atom. The maximum atomic E-state index is 12.0. The van der Waals surface area contributed by atoms with Crippen LogP contribution in [0.1, 0.15) is 41.7 Å². The fourth-order valence-corrected chi connectivity index (χ4v) is 2.07. The second kappa shape index (κ2) is 6.38. The van der Waals surface area contributed by atoms with Gasteiger partial charge in [-0.3, -0.25) is 4.98 Å². The fourth-order valence-electron chi connectivity index (χ4n) is 1.67. The number of hydrogen-bond acceptors (Lipinski definition) is 6. The van der Waals surface area contributed by atoms with Crippen molar-refractivity contribution in [2.24, 2.45) is 5.92 Å². The number of ether oxygens (including phenoxy) is 1. The lowest BCUT2D eigenvalue weighted by atomic mass is 10.0. The van der Waals surface area contributed by atoms with Crippen LogP contribution in [0.15, 0.2) is 30.6 Å². The van der Waals surface area contributed by atoms with E-state index >= 15 is 0 Å². The van der Waals surface area contributed by atoms with Gasteiger partial charge in [0.2, 0.25) is 0 Å². The number of carbonyl (C=O) groups is 1. The van der Waals surface area contributed by atoms with E-state index in [1.807, 2.05) is 18.2 Å². The predicted octanol–water partition coefficient (Wildman–Crippen LogP) is 2.88. The first-order valence-corrected chi connectivity index (χ1v) is 6.83. The minimum absolute atomic E-state index is 0.337. The standard InChI is InChI=1S/C13H15N3O2S/c1-9(2)7-11(10-5-3-4-6-14-10)18-13(17)12-8-15-16-19-12/h3-6,8-9,11H,7H2,1-2H3. The molecule has 5 nitrogen and oxygen atoms in total. The molecule has 0 aromatic carbocycles. The predicted molar refractivity (Wildman–Crippen MR) is 71.8 cm³/mol. The summed E-state index contributed by atoms with van der Waals surface area (Å²) in [6.45, 7) is 4.16. The Balaban J connectivity index is 2.13. The average Bonchev–Trinajstić information content (AvgIpc) is 2.92. The Morgan fingerprint density at radius 1 is 1.42 bits per heavy atom. The first kappa shape index (κ1) is 13.6. The van der Waals surface area contributed by atoms with Crippen LogP contribution in [-0.4, -0.2) is 20.5 Å². The molecule has 0 aliphatic heterocycles. The number of aromatic nitrogens is 3. The van der Waals surface area contributed by atoms with Crippen molar-refractivity contribution in [1.29, 1.82) is 0 Å². The number of nitrogens with zero attached hydrogens (tertiary/aromatic N) is 3. The molecule has 1 unspecified atom stereocenters. The molecule has 6 heteroatoms. The third-order valence-corrected chi connectivity index (χ3v) is 3.16. The lowest BCUT2D eigenvalue weighted by Crippen LogP contribution is -2.14. The van der Waals surface area contributed by atoms with Crippen LogP contribution in [0.2, 0.25) is 0 Å². The summed E-state index contributed by atoms with van der Waals surface area (Å²) in [6, 6.07) is 5.59. The van der Waals surface area contributed by atoms with Crippen molar-refractivity contribution in [2.75, 3.05) is 0 Å². The van der Waals surface area contributed by atoms with Crippen LogP contribution in [0.3, 0.4) is 0 Å². The van der Waals surface area contributed by atoms with Crippen LogP contribution >= 0.6 is 11.5 Å². The highest BCUT2D eigenvalue weighted by Crippen LogP contribution is 2.25. The van der Waals surface area contributed by atoms with E-state index in [4.69, 9.17) is 4.74 Å². The molecule has 2 aromatic heterocycles. The highest BCUT2D eigenvalue weighted by atomic mass is 32.1. The number of rotatable bonds is 5. The highest BCUT2D eigenvalue weighted by molar-refractivity contribution is 7.07. The van der Waals surface area contributed by atoms with Gasteiger partial charge >= 0.3 is 5.97 Å². The highest BCUT2D eigenvalue weighted by Gasteiger charge is 2.21. The minimum atomic E-state index is -0.397. The van der Waals surface area contributed by atoms with E-state index in [-0.39, 0.29) is 6.10 Å². The zero-order valence-corrected chi connectivity index (χ0v) is 11.6. The van der Waals surface area contributed by atoms with Crippen LogP contribution in [0.25, 0.3) is 0 Å². The molecule has 1 atom stereocenters. The molecule has 19 heavy (non-hydrogen) atoms. The molecule has 0 aliphatic carbocycles. The Hall–Kier alpha value is -1.82. The maximum Gasteiger partial charge on any atom is 0.352 e. The zero-order valence-electron chi connectivity index (χ0n) is 10.8. The Labute approximate surface area is 115 Å². The summed E-state index contributed by atoms with van der Waals surface area (Å²) < 4.78 is 9.18.